The van der Waals surface area contributed by atoms with E-state index in [1.807, 2.05) is 0 Å². The van der Waals surface area contributed by atoms with E-state index < -0.39 is 0 Å². The van der Waals surface area contributed by atoms with Crippen LogP contribution in [-0.2, 0) is 7.05 Å². The van der Waals surface area contributed by atoms with Gasteiger partial charge in [0.15, 0.2) is 0 Å². The van der Waals surface area contributed by atoms with Crippen LogP contribution in [-0.4, -0.2) is 9.67 Å². The van der Waals surface area contributed by atoms with Gasteiger partial charge in [0.25, 0.3) is 5.56 Å². The molecule has 0 fully saturated rings. The van der Waals surface area contributed by atoms with Gasteiger partial charge in [0.05, 0.1) is 0 Å². The van der Waals surface area contributed by atoms with E-state index in [0.717, 1.165) is 0 Å². The number of aromatic nitrogens is 1. The molecule has 0 radical (unpaired) electrons. The van der Waals surface area contributed by atoms with E-state index in [9.17, 15) is 4.79 Å². The van der Waals surface area contributed by atoms with Crippen molar-refractivity contribution in [2.75, 3.05) is 0 Å². The molecule has 1 aromatic rings. The Kier molecular flexibility index (Phi) is 1.49. The molecule has 0 saturated carbocycles. The Balaban J connectivity index is 3.43. The molecule has 1 N–H and O–H groups in total. The zero-order valence-electron chi connectivity index (χ0n) is 5.96. The lowest BCUT2D eigenvalue weighted by Crippen LogP contribution is -2.14. The van der Waals surface area contributed by atoms with Gasteiger partial charge in [0.2, 0.25) is 0 Å². The standard InChI is InChI=1S/C7H9NO2/c1-5-4-8(2)7(10)3-6(5)9/h3-4,9H,1-2H3. The summed E-state index contributed by atoms with van der Waals surface area (Å²) in [5, 5.41) is 9.01. The van der Waals surface area contributed by atoms with Crippen LogP contribution in [0, 0.1) is 6.92 Å². The fourth-order valence-electron chi connectivity index (χ4n) is 0.753. The molecule has 0 atom stereocenters. The third-order valence-corrected chi connectivity index (χ3v) is 1.40. The third-order valence-electron chi connectivity index (χ3n) is 1.40. The second-order valence-electron chi connectivity index (χ2n) is 2.29. The van der Waals surface area contributed by atoms with Crippen molar-refractivity contribution in [3.63, 3.8) is 0 Å². The highest BCUT2D eigenvalue weighted by molar-refractivity contribution is 5.26. The van der Waals surface area contributed by atoms with Gasteiger partial charge in [-0.2, -0.15) is 0 Å². The van der Waals surface area contributed by atoms with Crippen molar-refractivity contribution >= 4 is 0 Å². The average Bonchev–Trinajstić information content (AvgIpc) is 1.84. The highest BCUT2D eigenvalue weighted by Crippen LogP contribution is 2.09. The molecule has 0 aliphatic heterocycles. The Hall–Kier alpha value is -1.25. The van der Waals surface area contributed by atoms with E-state index in [2.05, 4.69) is 0 Å². The van der Waals surface area contributed by atoms with Crippen LogP contribution in [0.4, 0.5) is 0 Å². The molecule has 0 saturated heterocycles. The van der Waals surface area contributed by atoms with Crippen molar-refractivity contribution in [1.82, 2.24) is 4.57 Å². The Morgan fingerprint density at radius 3 is 2.70 bits per heavy atom. The molecule has 0 unspecified atom stereocenters. The van der Waals surface area contributed by atoms with Crippen molar-refractivity contribution < 1.29 is 5.11 Å². The van der Waals surface area contributed by atoms with Crippen molar-refractivity contribution in [3.8, 4) is 5.75 Å². The molecular weight excluding hydrogens is 130 g/mol. The van der Waals surface area contributed by atoms with Crippen molar-refractivity contribution in [3.05, 3.63) is 28.2 Å². The number of pyridine rings is 1. The summed E-state index contributed by atoms with van der Waals surface area (Å²) in [5.41, 5.74) is 0.519. The summed E-state index contributed by atoms with van der Waals surface area (Å²) in [4.78, 5) is 10.8. The predicted octanol–water partition coefficient (Wildman–Crippen LogP) is 0.399. The summed E-state index contributed by atoms with van der Waals surface area (Å²) < 4.78 is 1.43. The molecule has 0 aromatic carbocycles. The average molecular weight is 139 g/mol. The van der Waals surface area contributed by atoms with Gasteiger partial charge in [0.1, 0.15) is 5.75 Å². The maximum Gasteiger partial charge on any atom is 0.253 e. The van der Waals surface area contributed by atoms with Crippen LogP contribution in [0.15, 0.2) is 17.1 Å². The van der Waals surface area contributed by atoms with Gasteiger partial charge in [0, 0.05) is 24.9 Å². The molecule has 54 valence electrons. The van der Waals surface area contributed by atoms with E-state index in [1.165, 1.54) is 10.6 Å². The van der Waals surface area contributed by atoms with E-state index >= 15 is 0 Å². The molecule has 1 heterocycles. The molecule has 3 heteroatoms. The highest BCUT2D eigenvalue weighted by atomic mass is 16.3. The normalized spacial score (nSPS) is 9.80. The number of hydrogen-bond donors (Lipinski definition) is 1. The van der Waals surface area contributed by atoms with Crippen LogP contribution in [0.5, 0.6) is 5.75 Å². The molecule has 3 nitrogen and oxygen atoms in total. The fraction of sp³-hybridized carbons (Fsp3) is 0.286. The van der Waals surface area contributed by atoms with Gasteiger partial charge in [-0.15, -0.1) is 0 Å². The van der Waals surface area contributed by atoms with E-state index in [0.29, 0.717) is 5.56 Å². The van der Waals surface area contributed by atoms with Gasteiger partial charge in [-0.1, -0.05) is 0 Å². The molecule has 0 amide bonds. The molecule has 0 aliphatic carbocycles. The summed E-state index contributed by atoms with van der Waals surface area (Å²) in [6.45, 7) is 1.74. The molecule has 0 bridgehead atoms. The second-order valence-corrected chi connectivity index (χ2v) is 2.29. The number of nitrogens with zero attached hydrogens (tertiary/aromatic N) is 1. The first kappa shape index (κ1) is 6.86. The fourth-order valence-corrected chi connectivity index (χ4v) is 0.753. The lowest BCUT2D eigenvalue weighted by Gasteiger charge is -1.99. The number of rotatable bonds is 0. The number of hydrogen-bond acceptors (Lipinski definition) is 2. The lowest BCUT2D eigenvalue weighted by molar-refractivity contribution is 0.467. The monoisotopic (exact) mass is 139 g/mol. The predicted molar refractivity (Wildman–Crippen MR) is 38.1 cm³/mol. The Morgan fingerprint density at radius 2 is 2.20 bits per heavy atom. The SMILES string of the molecule is Cc1cn(C)c(=O)cc1O. The molecule has 10 heavy (non-hydrogen) atoms. The number of aryl methyl sites for hydroxylation is 2. The summed E-state index contributed by atoms with van der Waals surface area (Å²) in [7, 11) is 1.65. The molecule has 0 aliphatic rings. The number of aromatic hydroxyl groups is 1. The lowest BCUT2D eigenvalue weighted by atomic mass is 10.3. The minimum atomic E-state index is -0.192. The van der Waals surface area contributed by atoms with E-state index in [4.69, 9.17) is 5.11 Å². The minimum absolute atomic E-state index is 0.0584. The summed E-state index contributed by atoms with van der Waals surface area (Å²) in [6.07, 6.45) is 1.59. The van der Waals surface area contributed by atoms with E-state index in [1.54, 1.807) is 20.2 Å². The molecule has 0 spiro atoms. The zero-order chi connectivity index (χ0) is 7.72. The van der Waals surface area contributed by atoms with Crippen LogP contribution in [0.1, 0.15) is 5.56 Å². The van der Waals surface area contributed by atoms with E-state index in [-0.39, 0.29) is 11.3 Å². The zero-order valence-corrected chi connectivity index (χ0v) is 5.96. The summed E-state index contributed by atoms with van der Waals surface area (Å²) in [6, 6.07) is 1.20. The van der Waals surface area contributed by atoms with Gasteiger partial charge in [-0.3, -0.25) is 4.79 Å². The third kappa shape index (κ3) is 1.03. The summed E-state index contributed by atoms with van der Waals surface area (Å²) in [5.74, 6) is 0.0584. The molecular formula is C7H9NO2. The highest BCUT2D eigenvalue weighted by Gasteiger charge is 1.96. The van der Waals surface area contributed by atoms with Gasteiger partial charge >= 0.3 is 0 Å². The van der Waals surface area contributed by atoms with Crippen molar-refractivity contribution in [1.29, 1.82) is 0 Å². The van der Waals surface area contributed by atoms with Crippen LogP contribution in [0.3, 0.4) is 0 Å². The first-order valence-electron chi connectivity index (χ1n) is 2.97. The first-order valence-corrected chi connectivity index (χ1v) is 2.97. The van der Waals surface area contributed by atoms with Gasteiger partial charge in [-0.05, 0) is 6.92 Å². The maximum atomic E-state index is 10.8. The minimum Gasteiger partial charge on any atom is -0.507 e. The van der Waals surface area contributed by atoms with Crippen LogP contribution in [0.2, 0.25) is 0 Å². The van der Waals surface area contributed by atoms with Crippen molar-refractivity contribution in [2.24, 2.45) is 7.05 Å². The smallest absolute Gasteiger partial charge is 0.253 e. The Labute approximate surface area is 58.5 Å². The molecule has 1 aromatic heterocycles. The van der Waals surface area contributed by atoms with Gasteiger partial charge < -0.3 is 9.67 Å². The van der Waals surface area contributed by atoms with Crippen LogP contribution in [0.25, 0.3) is 0 Å². The maximum absolute atomic E-state index is 10.8. The Bertz CT molecular complexity index is 301. The van der Waals surface area contributed by atoms with Crippen LogP contribution < -0.4 is 5.56 Å². The summed E-state index contributed by atoms with van der Waals surface area (Å²) >= 11 is 0. The van der Waals surface area contributed by atoms with Crippen molar-refractivity contribution in [2.45, 2.75) is 6.92 Å². The van der Waals surface area contributed by atoms with Crippen LogP contribution >= 0.6 is 0 Å². The first-order chi connectivity index (χ1) is 4.61. The molecule has 1 rings (SSSR count). The largest absolute Gasteiger partial charge is 0.507 e. The Morgan fingerprint density at radius 1 is 1.60 bits per heavy atom. The second kappa shape index (κ2) is 2.17. The topological polar surface area (TPSA) is 42.2 Å². The quantitative estimate of drug-likeness (QED) is 0.565. The van der Waals surface area contributed by atoms with Gasteiger partial charge in [-0.25, -0.2) is 0 Å².